The SMILES string of the molecule is [2H]c1ccc2cc(-c3ccc(Cl)cc3)ccc2c1. The highest BCUT2D eigenvalue weighted by Gasteiger charge is 1.99. The summed E-state index contributed by atoms with van der Waals surface area (Å²) in [6.45, 7) is 0. The Morgan fingerprint density at radius 3 is 2.35 bits per heavy atom. The molecule has 0 nitrogen and oxygen atoms in total. The van der Waals surface area contributed by atoms with Gasteiger partial charge in [0.25, 0.3) is 0 Å². The first-order valence-electron chi connectivity index (χ1n) is 5.99. The van der Waals surface area contributed by atoms with Crippen LogP contribution in [0.3, 0.4) is 0 Å². The van der Waals surface area contributed by atoms with Crippen molar-refractivity contribution in [3.05, 3.63) is 71.7 Å². The van der Waals surface area contributed by atoms with E-state index in [1.807, 2.05) is 42.5 Å². The molecule has 0 aliphatic rings. The van der Waals surface area contributed by atoms with Crippen molar-refractivity contribution in [3.63, 3.8) is 0 Å². The lowest BCUT2D eigenvalue weighted by Crippen LogP contribution is -1.78. The summed E-state index contributed by atoms with van der Waals surface area (Å²) in [5.74, 6) is 0. The number of hydrogen-bond donors (Lipinski definition) is 0. The van der Waals surface area contributed by atoms with E-state index in [4.69, 9.17) is 13.0 Å². The average Bonchev–Trinajstić information content (AvgIpc) is 2.39. The van der Waals surface area contributed by atoms with E-state index < -0.39 is 0 Å². The first kappa shape index (κ1) is 9.26. The van der Waals surface area contributed by atoms with Crippen LogP contribution in [0.25, 0.3) is 21.9 Å². The van der Waals surface area contributed by atoms with Crippen LogP contribution in [-0.4, -0.2) is 0 Å². The molecule has 0 N–H and O–H groups in total. The van der Waals surface area contributed by atoms with Gasteiger partial charge in [0, 0.05) is 5.02 Å². The smallest absolute Gasteiger partial charge is 0.0623 e. The van der Waals surface area contributed by atoms with E-state index >= 15 is 0 Å². The zero-order chi connectivity index (χ0) is 12.5. The molecule has 0 aliphatic carbocycles. The van der Waals surface area contributed by atoms with Gasteiger partial charge in [0.2, 0.25) is 0 Å². The molecule has 82 valence electrons. The van der Waals surface area contributed by atoms with Gasteiger partial charge in [-0.1, -0.05) is 60.1 Å². The van der Waals surface area contributed by atoms with Gasteiger partial charge < -0.3 is 0 Å². The van der Waals surface area contributed by atoms with Gasteiger partial charge in [0.15, 0.2) is 0 Å². The van der Waals surface area contributed by atoms with Crippen molar-refractivity contribution >= 4 is 22.4 Å². The lowest BCUT2D eigenvalue weighted by Gasteiger charge is -2.04. The fourth-order valence-corrected chi connectivity index (χ4v) is 2.07. The summed E-state index contributed by atoms with van der Waals surface area (Å²) in [7, 11) is 0. The highest BCUT2D eigenvalue weighted by Crippen LogP contribution is 2.25. The summed E-state index contributed by atoms with van der Waals surface area (Å²) in [4.78, 5) is 0. The monoisotopic (exact) mass is 239 g/mol. The van der Waals surface area contributed by atoms with Gasteiger partial charge in [-0.25, -0.2) is 0 Å². The molecular formula is C16H11Cl. The van der Waals surface area contributed by atoms with E-state index in [1.54, 1.807) is 0 Å². The maximum atomic E-state index is 7.60. The van der Waals surface area contributed by atoms with E-state index in [1.165, 1.54) is 0 Å². The number of rotatable bonds is 1. The fraction of sp³-hybridized carbons (Fsp3) is 0. The molecule has 0 aliphatic heterocycles. The molecule has 3 aromatic rings. The summed E-state index contributed by atoms with van der Waals surface area (Å²) >= 11 is 5.89. The van der Waals surface area contributed by atoms with Crippen LogP contribution < -0.4 is 0 Å². The van der Waals surface area contributed by atoms with Crippen molar-refractivity contribution in [3.8, 4) is 11.1 Å². The molecule has 0 atom stereocenters. The zero-order valence-electron chi connectivity index (χ0n) is 10.2. The Balaban J connectivity index is 2.13. The summed E-state index contributed by atoms with van der Waals surface area (Å²) in [6.07, 6.45) is 0. The Bertz CT molecular complexity index is 702. The van der Waals surface area contributed by atoms with Crippen LogP contribution >= 0.6 is 11.6 Å². The summed E-state index contributed by atoms with van der Waals surface area (Å²) in [5.41, 5.74) is 2.31. The van der Waals surface area contributed by atoms with Crippen molar-refractivity contribution < 1.29 is 1.37 Å². The van der Waals surface area contributed by atoms with Crippen LogP contribution in [0, 0.1) is 0 Å². The molecule has 0 spiro atoms. The molecule has 17 heavy (non-hydrogen) atoms. The molecule has 0 radical (unpaired) electrons. The molecule has 0 aromatic heterocycles. The first-order chi connectivity index (χ1) is 8.72. The molecule has 0 fully saturated rings. The number of halogens is 1. The Hall–Kier alpha value is -1.79. The van der Waals surface area contributed by atoms with Gasteiger partial charge in [-0.3, -0.25) is 0 Å². The van der Waals surface area contributed by atoms with Crippen LogP contribution in [0.2, 0.25) is 5.02 Å². The zero-order valence-corrected chi connectivity index (χ0v) is 9.91. The second-order valence-electron chi connectivity index (χ2n) is 3.99. The Kier molecular flexibility index (Phi) is 2.30. The Morgan fingerprint density at radius 1 is 0.765 bits per heavy atom. The quantitative estimate of drug-likeness (QED) is 0.550. The third-order valence-corrected chi connectivity index (χ3v) is 3.11. The van der Waals surface area contributed by atoms with Gasteiger partial charge >= 0.3 is 0 Å². The average molecular weight is 240 g/mol. The van der Waals surface area contributed by atoms with Crippen LogP contribution in [0.5, 0.6) is 0 Å². The van der Waals surface area contributed by atoms with E-state index in [-0.39, 0.29) is 0 Å². The summed E-state index contributed by atoms with van der Waals surface area (Å²) < 4.78 is 7.60. The van der Waals surface area contributed by atoms with Crippen molar-refractivity contribution in [2.24, 2.45) is 0 Å². The largest absolute Gasteiger partial charge is 0.0843 e. The maximum Gasteiger partial charge on any atom is 0.0623 e. The standard InChI is InChI=1S/C16H11Cl/c17-16-9-7-13(8-10-16)15-6-5-12-3-1-2-4-14(12)11-15/h1-11H/i1D. The van der Waals surface area contributed by atoms with E-state index in [0.29, 0.717) is 6.04 Å². The van der Waals surface area contributed by atoms with Gasteiger partial charge in [-0.2, -0.15) is 0 Å². The van der Waals surface area contributed by atoms with E-state index in [2.05, 4.69) is 18.2 Å². The van der Waals surface area contributed by atoms with Crippen molar-refractivity contribution in [2.75, 3.05) is 0 Å². The molecule has 0 heterocycles. The predicted molar refractivity (Wildman–Crippen MR) is 74.4 cm³/mol. The van der Waals surface area contributed by atoms with Crippen LogP contribution in [0.15, 0.2) is 66.7 Å². The lowest BCUT2D eigenvalue weighted by atomic mass is 10.0. The van der Waals surface area contributed by atoms with Gasteiger partial charge in [-0.15, -0.1) is 0 Å². The minimum atomic E-state index is 0.543. The Morgan fingerprint density at radius 2 is 1.53 bits per heavy atom. The van der Waals surface area contributed by atoms with Gasteiger partial charge in [0.05, 0.1) is 1.37 Å². The second-order valence-corrected chi connectivity index (χ2v) is 4.43. The van der Waals surface area contributed by atoms with Crippen LogP contribution in [0.4, 0.5) is 0 Å². The molecule has 1 heteroatoms. The molecular weight excluding hydrogens is 228 g/mol. The minimum Gasteiger partial charge on any atom is -0.0843 e. The van der Waals surface area contributed by atoms with Crippen molar-refractivity contribution in [1.82, 2.24) is 0 Å². The first-order valence-corrected chi connectivity index (χ1v) is 5.86. The summed E-state index contributed by atoms with van der Waals surface area (Å²) in [6, 6.07) is 20.3. The van der Waals surface area contributed by atoms with Crippen molar-refractivity contribution in [2.45, 2.75) is 0 Å². The van der Waals surface area contributed by atoms with Crippen LogP contribution in [0.1, 0.15) is 1.37 Å². The molecule has 0 unspecified atom stereocenters. The number of fused-ring (bicyclic) bond motifs is 1. The predicted octanol–water partition coefficient (Wildman–Crippen LogP) is 5.16. The van der Waals surface area contributed by atoms with Gasteiger partial charge in [-0.05, 0) is 40.1 Å². The normalized spacial score (nSPS) is 11.5. The maximum absolute atomic E-state index is 7.60. The fourth-order valence-electron chi connectivity index (χ4n) is 1.95. The topological polar surface area (TPSA) is 0 Å². The summed E-state index contributed by atoms with van der Waals surface area (Å²) in [5, 5.41) is 3.00. The van der Waals surface area contributed by atoms with Crippen LogP contribution in [-0.2, 0) is 0 Å². The molecule has 0 amide bonds. The van der Waals surface area contributed by atoms with E-state index in [9.17, 15) is 0 Å². The third kappa shape index (κ3) is 2.04. The van der Waals surface area contributed by atoms with E-state index in [0.717, 1.165) is 26.9 Å². The highest BCUT2D eigenvalue weighted by molar-refractivity contribution is 6.30. The molecule has 3 aromatic carbocycles. The Labute approximate surface area is 107 Å². The minimum absolute atomic E-state index is 0.543. The molecule has 0 saturated carbocycles. The highest BCUT2D eigenvalue weighted by atomic mass is 35.5. The number of benzene rings is 3. The molecule has 0 saturated heterocycles. The third-order valence-electron chi connectivity index (χ3n) is 2.86. The number of hydrogen-bond acceptors (Lipinski definition) is 0. The van der Waals surface area contributed by atoms with Crippen molar-refractivity contribution in [1.29, 1.82) is 0 Å². The molecule has 0 bridgehead atoms. The molecule has 3 rings (SSSR count). The van der Waals surface area contributed by atoms with Gasteiger partial charge in [0.1, 0.15) is 0 Å². The lowest BCUT2D eigenvalue weighted by molar-refractivity contribution is 1.64. The second kappa shape index (κ2) is 4.23.